The average Bonchev–Trinajstić information content (AvgIpc) is 2.38. The van der Waals surface area contributed by atoms with Crippen LogP contribution >= 0.6 is 0 Å². The molecule has 1 aromatic carbocycles. The molecule has 0 saturated heterocycles. The summed E-state index contributed by atoms with van der Waals surface area (Å²) in [5, 5.41) is 2.80. The van der Waals surface area contributed by atoms with Crippen LogP contribution in [0, 0.1) is 12.8 Å². The molecule has 0 spiro atoms. The Morgan fingerprint density at radius 3 is 2.58 bits per heavy atom. The summed E-state index contributed by atoms with van der Waals surface area (Å²) in [4.78, 5) is 23.1. The van der Waals surface area contributed by atoms with Crippen molar-refractivity contribution in [2.45, 2.75) is 26.7 Å². The number of primary amides is 1. The van der Waals surface area contributed by atoms with Crippen molar-refractivity contribution in [3.05, 3.63) is 29.3 Å². The molecule has 0 heterocycles. The topological polar surface area (TPSA) is 98.2 Å². The number of hydrogen-bond donors (Lipinski definition) is 3. The number of carbonyl (C=O) groups excluding carboxylic acids is 2. The fourth-order valence-corrected chi connectivity index (χ4v) is 1.90. The van der Waals surface area contributed by atoms with Gasteiger partial charge in [-0.25, -0.2) is 0 Å². The van der Waals surface area contributed by atoms with Gasteiger partial charge in [-0.3, -0.25) is 9.59 Å². The van der Waals surface area contributed by atoms with Crippen LogP contribution in [0.5, 0.6) is 0 Å². The van der Waals surface area contributed by atoms with E-state index in [1.807, 2.05) is 6.92 Å². The van der Waals surface area contributed by atoms with Crippen LogP contribution in [0.1, 0.15) is 35.7 Å². The lowest BCUT2D eigenvalue weighted by Gasteiger charge is -2.14. The number of nitrogens with two attached hydrogens (primary N) is 2. The molecular weight excluding hydrogens is 242 g/mol. The Bertz CT molecular complexity index is 468. The Hall–Kier alpha value is -1.88. The van der Waals surface area contributed by atoms with Crippen LogP contribution in [-0.2, 0) is 4.79 Å². The first-order valence-electron chi connectivity index (χ1n) is 6.38. The number of hydrogen-bond acceptors (Lipinski definition) is 3. The van der Waals surface area contributed by atoms with E-state index in [0.717, 1.165) is 6.42 Å². The normalized spacial score (nSPS) is 11.9. The van der Waals surface area contributed by atoms with Crippen LogP contribution < -0.4 is 16.8 Å². The van der Waals surface area contributed by atoms with Crippen LogP contribution in [0.4, 0.5) is 5.69 Å². The summed E-state index contributed by atoms with van der Waals surface area (Å²) in [6.07, 6.45) is 1.25. The maximum atomic E-state index is 11.9. The van der Waals surface area contributed by atoms with Gasteiger partial charge in [0.15, 0.2) is 0 Å². The zero-order valence-corrected chi connectivity index (χ0v) is 11.4. The van der Waals surface area contributed by atoms with E-state index in [1.54, 1.807) is 25.1 Å². The number of nitrogens with one attached hydrogen (secondary N) is 1. The van der Waals surface area contributed by atoms with Crippen LogP contribution in [0.15, 0.2) is 18.2 Å². The van der Waals surface area contributed by atoms with Crippen molar-refractivity contribution in [1.29, 1.82) is 0 Å². The van der Waals surface area contributed by atoms with Crippen LogP contribution in [0.2, 0.25) is 0 Å². The third-order valence-corrected chi connectivity index (χ3v) is 3.26. The molecule has 0 aliphatic carbocycles. The Labute approximate surface area is 113 Å². The van der Waals surface area contributed by atoms with E-state index in [1.165, 1.54) is 0 Å². The first-order valence-corrected chi connectivity index (χ1v) is 6.38. The lowest BCUT2D eigenvalue weighted by molar-refractivity contribution is -0.117. The fourth-order valence-electron chi connectivity index (χ4n) is 1.90. The zero-order chi connectivity index (χ0) is 14.4. The minimum Gasteiger partial charge on any atom is -0.366 e. The van der Waals surface area contributed by atoms with Gasteiger partial charge >= 0.3 is 0 Å². The standard InChI is InChI=1S/C14H21N3O2/c1-3-10(8-15)7-13(18)17-12-6-4-5-11(9(12)2)14(16)19/h4-6,10H,3,7-8,15H2,1-2H3,(H2,16,19)(H,17,18). The van der Waals surface area contributed by atoms with Crippen LogP contribution in [0.25, 0.3) is 0 Å². The highest BCUT2D eigenvalue weighted by Gasteiger charge is 2.13. The molecule has 0 bridgehead atoms. The molecule has 5 N–H and O–H groups in total. The third-order valence-electron chi connectivity index (χ3n) is 3.26. The molecule has 0 radical (unpaired) electrons. The van der Waals surface area contributed by atoms with E-state index < -0.39 is 5.91 Å². The molecule has 0 aromatic heterocycles. The van der Waals surface area contributed by atoms with E-state index in [2.05, 4.69) is 5.32 Å². The second kappa shape index (κ2) is 6.89. The summed E-state index contributed by atoms with van der Waals surface area (Å²) in [7, 11) is 0. The van der Waals surface area contributed by atoms with Gasteiger partial charge in [-0.05, 0) is 37.1 Å². The molecule has 1 unspecified atom stereocenters. The summed E-state index contributed by atoms with van der Waals surface area (Å²) in [5.41, 5.74) is 12.6. The molecule has 2 amide bonds. The molecule has 1 aromatic rings. The smallest absolute Gasteiger partial charge is 0.249 e. The fraction of sp³-hybridized carbons (Fsp3) is 0.429. The molecule has 0 aliphatic rings. The minimum atomic E-state index is -0.498. The maximum Gasteiger partial charge on any atom is 0.249 e. The van der Waals surface area contributed by atoms with Crippen molar-refractivity contribution in [3.8, 4) is 0 Å². The van der Waals surface area contributed by atoms with Gasteiger partial charge in [-0.2, -0.15) is 0 Å². The van der Waals surface area contributed by atoms with Gasteiger partial charge in [0.1, 0.15) is 0 Å². The first kappa shape index (κ1) is 15.2. The number of anilines is 1. The molecule has 0 aliphatic heterocycles. The van der Waals surface area contributed by atoms with Crippen molar-refractivity contribution in [2.24, 2.45) is 17.4 Å². The summed E-state index contributed by atoms with van der Waals surface area (Å²) < 4.78 is 0. The van der Waals surface area contributed by atoms with Gasteiger partial charge in [0.25, 0.3) is 0 Å². The van der Waals surface area contributed by atoms with Gasteiger partial charge in [0, 0.05) is 17.7 Å². The highest BCUT2D eigenvalue weighted by atomic mass is 16.2. The van der Waals surface area contributed by atoms with Gasteiger partial charge in [-0.15, -0.1) is 0 Å². The minimum absolute atomic E-state index is 0.0954. The largest absolute Gasteiger partial charge is 0.366 e. The van der Waals surface area contributed by atoms with Crippen molar-refractivity contribution in [1.82, 2.24) is 0 Å². The molecule has 5 heteroatoms. The Morgan fingerprint density at radius 1 is 1.37 bits per heavy atom. The van der Waals surface area contributed by atoms with Crippen molar-refractivity contribution in [2.75, 3.05) is 11.9 Å². The van der Waals surface area contributed by atoms with Crippen LogP contribution in [0.3, 0.4) is 0 Å². The van der Waals surface area contributed by atoms with E-state index in [4.69, 9.17) is 11.5 Å². The van der Waals surface area contributed by atoms with E-state index in [-0.39, 0.29) is 11.8 Å². The second-order valence-corrected chi connectivity index (χ2v) is 4.60. The van der Waals surface area contributed by atoms with Crippen molar-refractivity contribution in [3.63, 3.8) is 0 Å². The van der Waals surface area contributed by atoms with E-state index in [9.17, 15) is 9.59 Å². The monoisotopic (exact) mass is 263 g/mol. The SMILES string of the molecule is CCC(CN)CC(=O)Nc1cccc(C(N)=O)c1C. The van der Waals surface area contributed by atoms with E-state index in [0.29, 0.717) is 29.8 Å². The first-order chi connectivity index (χ1) is 8.99. The molecule has 5 nitrogen and oxygen atoms in total. The lowest BCUT2D eigenvalue weighted by atomic mass is 10.0. The lowest BCUT2D eigenvalue weighted by Crippen LogP contribution is -2.22. The number of benzene rings is 1. The Balaban J connectivity index is 2.80. The summed E-state index contributed by atoms with van der Waals surface area (Å²) in [6.45, 7) is 4.25. The molecule has 1 atom stereocenters. The summed E-state index contributed by atoms with van der Waals surface area (Å²) in [5.74, 6) is -0.413. The maximum absolute atomic E-state index is 11.9. The Morgan fingerprint density at radius 2 is 2.05 bits per heavy atom. The molecule has 104 valence electrons. The molecule has 19 heavy (non-hydrogen) atoms. The quantitative estimate of drug-likeness (QED) is 0.723. The van der Waals surface area contributed by atoms with E-state index >= 15 is 0 Å². The van der Waals surface area contributed by atoms with Gasteiger partial charge < -0.3 is 16.8 Å². The number of amides is 2. The summed E-state index contributed by atoms with van der Waals surface area (Å²) in [6, 6.07) is 5.09. The predicted molar refractivity (Wildman–Crippen MR) is 75.8 cm³/mol. The summed E-state index contributed by atoms with van der Waals surface area (Å²) >= 11 is 0. The number of rotatable bonds is 6. The molecular formula is C14H21N3O2. The Kier molecular flexibility index (Phi) is 5.51. The van der Waals surface area contributed by atoms with Gasteiger partial charge in [0.2, 0.25) is 11.8 Å². The highest BCUT2D eigenvalue weighted by Crippen LogP contribution is 2.19. The molecule has 1 rings (SSSR count). The molecule has 0 saturated carbocycles. The van der Waals surface area contributed by atoms with Crippen LogP contribution in [-0.4, -0.2) is 18.4 Å². The van der Waals surface area contributed by atoms with Crippen molar-refractivity contribution < 1.29 is 9.59 Å². The van der Waals surface area contributed by atoms with Gasteiger partial charge in [0.05, 0.1) is 0 Å². The van der Waals surface area contributed by atoms with Gasteiger partial charge in [-0.1, -0.05) is 19.4 Å². The molecule has 0 fully saturated rings. The highest BCUT2D eigenvalue weighted by molar-refractivity contribution is 5.98. The third kappa shape index (κ3) is 4.06. The average molecular weight is 263 g/mol. The van der Waals surface area contributed by atoms with Crippen molar-refractivity contribution >= 4 is 17.5 Å². The second-order valence-electron chi connectivity index (χ2n) is 4.60. The zero-order valence-electron chi connectivity index (χ0n) is 11.4. The number of carbonyl (C=O) groups is 2. The predicted octanol–water partition coefficient (Wildman–Crippen LogP) is 1.41.